The molecule has 0 aliphatic heterocycles. The Bertz CT molecular complexity index is 655. The maximum absolute atomic E-state index is 11.8. The lowest BCUT2D eigenvalue weighted by molar-refractivity contribution is -0.142. The van der Waals surface area contributed by atoms with E-state index in [1.165, 1.54) is 11.3 Å². The van der Waals surface area contributed by atoms with Gasteiger partial charge in [0.15, 0.2) is 5.13 Å². The summed E-state index contributed by atoms with van der Waals surface area (Å²) in [5.74, 6) is 0.00588. The third-order valence-corrected chi connectivity index (χ3v) is 3.89. The lowest BCUT2D eigenvalue weighted by Gasteiger charge is -1.99. The van der Waals surface area contributed by atoms with Crippen LogP contribution in [0.15, 0.2) is 15.0 Å². The van der Waals surface area contributed by atoms with Gasteiger partial charge in [0.25, 0.3) is 5.22 Å². The van der Waals surface area contributed by atoms with Gasteiger partial charge in [-0.1, -0.05) is 11.8 Å². The second-order valence-corrected chi connectivity index (χ2v) is 5.83. The Morgan fingerprint density at radius 3 is 2.95 bits per heavy atom. The first-order valence-corrected chi connectivity index (χ1v) is 8.26. The molecule has 0 spiro atoms. The van der Waals surface area contributed by atoms with Gasteiger partial charge in [0.1, 0.15) is 0 Å². The lowest BCUT2D eigenvalue weighted by atomic mass is 10.3. The summed E-state index contributed by atoms with van der Waals surface area (Å²) >= 11 is 2.40. The molecule has 0 radical (unpaired) electrons. The highest BCUT2D eigenvalue weighted by Gasteiger charge is 2.12. The molecule has 1 N–H and O–H groups in total. The Hall–Kier alpha value is -1.94. The number of anilines is 1. The number of ether oxygens (including phenoxy) is 1. The van der Waals surface area contributed by atoms with Gasteiger partial charge in [-0.05, 0) is 6.92 Å². The molecular weight excluding hydrogens is 328 g/mol. The highest BCUT2D eigenvalue weighted by molar-refractivity contribution is 7.99. The molecule has 0 aliphatic carbocycles. The molecule has 0 aliphatic rings. The van der Waals surface area contributed by atoms with Crippen molar-refractivity contribution in [2.24, 2.45) is 0 Å². The van der Waals surface area contributed by atoms with Gasteiger partial charge in [0.05, 0.1) is 24.5 Å². The van der Waals surface area contributed by atoms with Crippen molar-refractivity contribution in [2.75, 3.05) is 17.7 Å². The molecule has 1 amide bonds. The van der Waals surface area contributed by atoms with E-state index in [4.69, 9.17) is 9.15 Å². The second kappa shape index (κ2) is 7.90. The zero-order chi connectivity index (χ0) is 15.9. The molecule has 2 aromatic heterocycles. The minimum absolute atomic E-state index is 0.0935. The van der Waals surface area contributed by atoms with Gasteiger partial charge in [0, 0.05) is 12.3 Å². The summed E-state index contributed by atoms with van der Waals surface area (Å²) in [5, 5.41) is 12.6. The molecular formula is C12H14N4O4S2. The van der Waals surface area contributed by atoms with Crippen molar-refractivity contribution in [3.8, 4) is 0 Å². The maximum atomic E-state index is 11.8. The van der Waals surface area contributed by atoms with Crippen LogP contribution in [0.25, 0.3) is 0 Å². The summed E-state index contributed by atoms with van der Waals surface area (Å²) in [4.78, 5) is 27.3. The molecule has 118 valence electrons. The number of carbonyl (C=O) groups is 2. The average molecular weight is 342 g/mol. The predicted octanol–water partition coefficient (Wildman–Crippen LogP) is 1.67. The van der Waals surface area contributed by atoms with Crippen molar-refractivity contribution < 1.29 is 18.7 Å². The van der Waals surface area contributed by atoms with Gasteiger partial charge in [0.2, 0.25) is 11.8 Å². The largest absolute Gasteiger partial charge is 0.466 e. The van der Waals surface area contributed by atoms with Crippen LogP contribution in [0, 0.1) is 6.92 Å². The highest BCUT2D eigenvalue weighted by atomic mass is 32.2. The van der Waals surface area contributed by atoms with Crippen LogP contribution in [0.4, 0.5) is 5.13 Å². The molecule has 22 heavy (non-hydrogen) atoms. The number of thiazole rings is 1. The fraction of sp³-hybridized carbons (Fsp3) is 0.417. The summed E-state index contributed by atoms with van der Waals surface area (Å²) in [6, 6.07) is 0. The van der Waals surface area contributed by atoms with Crippen molar-refractivity contribution in [3.05, 3.63) is 17.0 Å². The SMILES string of the molecule is CCOC(=O)Cc1csc(NC(=O)CSc2nnc(C)o2)n1. The molecule has 8 nitrogen and oxygen atoms in total. The van der Waals surface area contributed by atoms with E-state index in [-0.39, 0.29) is 24.1 Å². The number of nitrogens with zero attached hydrogens (tertiary/aromatic N) is 3. The molecule has 10 heteroatoms. The smallest absolute Gasteiger partial charge is 0.311 e. The molecule has 0 saturated heterocycles. The van der Waals surface area contributed by atoms with E-state index in [0.29, 0.717) is 28.5 Å². The molecule has 0 saturated carbocycles. The highest BCUT2D eigenvalue weighted by Crippen LogP contribution is 2.19. The van der Waals surface area contributed by atoms with E-state index >= 15 is 0 Å². The molecule has 0 fully saturated rings. The summed E-state index contributed by atoms with van der Waals surface area (Å²) in [5.41, 5.74) is 0.568. The Morgan fingerprint density at radius 2 is 2.27 bits per heavy atom. The van der Waals surface area contributed by atoms with Crippen LogP contribution >= 0.6 is 23.1 Å². The van der Waals surface area contributed by atoms with Crippen LogP contribution in [0.2, 0.25) is 0 Å². The van der Waals surface area contributed by atoms with Gasteiger partial charge in [-0.3, -0.25) is 9.59 Å². The minimum Gasteiger partial charge on any atom is -0.466 e. The van der Waals surface area contributed by atoms with Crippen LogP contribution in [-0.2, 0) is 20.7 Å². The number of hydrogen-bond acceptors (Lipinski definition) is 9. The van der Waals surface area contributed by atoms with E-state index in [9.17, 15) is 9.59 Å². The molecule has 0 unspecified atom stereocenters. The van der Waals surface area contributed by atoms with Gasteiger partial charge in [-0.15, -0.1) is 21.5 Å². The molecule has 0 aromatic carbocycles. The van der Waals surface area contributed by atoms with E-state index in [0.717, 1.165) is 11.8 Å². The van der Waals surface area contributed by atoms with Crippen LogP contribution in [0.5, 0.6) is 0 Å². The van der Waals surface area contributed by atoms with Crippen LogP contribution in [0.1, 0.15) is 18.5 Å². The monoisotopic (exact) mass is 342 g/mol. The Kier molecular flexibility index (Phi) is 5.90. The fourth-order valence-corrected chi connectivity index (χ4v) is 2.76. The zero-order valence-corrected chi connectivity index (χ0v) is 13.6. The van der Waals surface area contributed by atoms with E-state index < -0.39 is 0 Å². The minimum atomic E-state index is -0.340. The molecule has 2 rings (SSSR count). The number of rotatable bonds is 7. The van der Waals surface area contributed by atoms with Crippen molar-refractivity contribution in [1.29, 1.82) is 0 Å². The number of aryl methyl sites for hydroxylation is 1. The van der Waals surface area contributed by atoms with Crippen molar-refractivity contribution >= 4 is 40.1 Å². The number of nitrogens with one attached hydrogen (secondary N) is 1. The molecule has 0 bridgehead atoms. The number of thioether (sulfide) groups is 1. The Labute approximate surface area is 134 Å². The maximum Gasteiger partial charge on any atom is 0.311 e. The first-order chi connectivity index (χ1) is 10.6. The average Bonchev–Trinajstić information content (AvgIpc) is 3.06. The summed E-state index contributed by atoms with van der Waals surface area (Å²) in [7, 11) is 0. The number of carbonyl (C=O) groups excluding carboxylic acids is 2. The topological polar surface area (TPSA) is 107 Å². The number of amides is 1. The summed E-state index contributed by atoms with van der Waals surface area (Å²) in [6.07, 6.45) is 0.0935. The van der Waals surface area contributed by atoms with Crippen molar-refractivity contribution in [1.82, 2.24) is 15.2 Å². The fourth-order valence-electron chi connectivity index (χ4n) is 1.42. The Balaban J connectivity index is 1.79. The number of hydrogen-bond donors (Lipinski definition) is 1. The third kappa shape index (κ3) is 5.11. The molecule has 2 aromatic rings. The first kappa shape index (κ1) is 16.4. The van der Waals surface area contributed by atoms with Crippen LogP contribution in [-0.4, -0.2) is 39.4 Å². The van der Waals surface area contributed by atoms with Crippen molar-refractivity contribution in [2.45, 2.75) is 25.5 Å². The first-order valence-electron chi connectivity index (χ1n) is 6.39. The number of aromatic nitrogens is 3. The zero-order valence-electron chi connectivity index (χ0n) is 12.0. The molecule has 2 heterocycles. The van der Waals surface area contributed by atoms with Crippen LogP contribution < -0.4 is 5.32 Å². The lowest BCUT2D eigenvalue weighted by Crippen LogP contribution is -2.14. The predicted molar refractivity (Wildman–Crippen MR) is 80.8 cm³/mol. The third-order valence-electron chi connectivity index (χ3n) is 2.26. The van der Waals surface area contributed by atoms with Gasteiger partial charge < -0.3 is 14.5 Å². The van der Waals surface area contributed by atoms with Gasteiger partial charge in [-0.25, -0.2) is 4.98 Å². The normalized spacial score (nSPS) is 10.5. The van der Waals surface area contributed by atoms with E-state index in [1.807, 2.05) is 0 Å². The summed E-state index contributed by atoms with van der Waals surface area (Å²) < 4.78 is 9.99. The van der Waals surface area contributed by atoms with Crippen molar-refractivity contribution in [3.63, 3.8) is 0 Å². The van der Waals surface area contributed by atoms with Gasteiger partial charge >= 0.3 is 5.97 Å². The van der Waals surface area contributed by atoms with Gasteiger partial charge in [-0.2, -0.15) is 0 Å². The Morgan fingerprint density at radius 1 is 1.45 bits per heavy atom. The van der Waals surface area contributed by atoms with E-state index in [2.05, 4.69) is 20.5 Å². The second-order valence-electron chi connectivity index (χ2n) is 4.05. The van der Waals surface area contributed by atoms with E-state index in [1.54, 1.807) is 19.2 Å². The summed E-state index contributed by atoms with van der Waals surface area (Å²) in [6.45, 7) is 3.75. The standard InChI is InChI=1S/C12H14N4O4S2/c1-3-19-10(18)4-8-5-21-11(13-8)14-9(17)6-22-12-16-15-7(2)20-12/h5H,3-4,6H2,1-2H3,(H,13,14,17). The number of esters is 1. The van der Waals surface area contributed by atoms with Crippen LogP contribution in [0.3, 0.4) is 0 Å². The quantitative estimate of drug-likeness (QED) is 0.598. The molecule has 0 atom stereocenters.